The van der Waals surface area contributed by atoms with E-state index in [4.69, 9.17) is 4.74 Å². The third-order valence-electron chi connectivity index (χ3n) is 6.39. The molecule has 1 aromatic carbocycles. The maximum absolute atomic E-state index is 12.1. The van der Waals surface area contributed by atoms with Crippen LogP contribution in [0.2, 0.25) is 0 Å². The zero-order valence-corrected chi connectivity index (χ0v) is 15.9. The van der Waals surface area contributed by atoms with Gasteiger partial charge >= 0.3 is 0 Å². The maximum atomic E-state index is 12.1. The van der Waals surface area contributed by atoms with Crippen molar-refractivity contribution in [3.8, 4) is 5.75 Å². The smallest absolute Gasteiger partial charge is 0.237 e. The molecule has 2 saturated heterocycles. The van der Waals surface area contributed by atoms with E-state index in [-0.39, 0.29) is 18.1 Å². The van der Waals surface area contributed by atoms with Crippen LogP contribution >= 0.6 is 0 Å². The lowest BCUT2D eigenvalue weighted by molar-refractivity contribution is -0.129. The van der Waals surface area contributed by atoms with Crippen molar-refractivity contribution < 1.29 is 9.53 Å². The van der Waals surface area contributed by atoms with Crippen molar-refractivity contribution in [3.05, 3.63) is 30.5 Å². The first-order valence-corrected chi connectivity index (χ1v) is 10.5. The summed E-state index contributed by atoms with van der Waals surface area (Å²) in [5, 5.41) is 4.24. The number of nitrogens with one attached hydrogen (secondary N) is 1. The number of benzene rings is 1. The highest BCUT2D eigenvalue weighted by atomic mass is 16.5. The number of hydrogen-bond acceptors (Lipinski definition) is 3. The normalized spacial score (nSPS) is 24.9. The summed E-state index contributed by atoms with van der Waals surface area (Å²) in [6.07, 6.45) is 9.25. The second kappa shape index (κ2) is 7.19. The summed E-state index contributed by atoms with van der Waals surface area (Å²) in [6.45, 7) is 3.86. The van der Waals surface area contributed by atoms with Gasteiger partial charge in [-0.1, -0.05) is 6.07 Å². The first-order valence-electron chi connectivity index (χ1n) is 10.5. The quantitative estimate of drug-likeness (QED) is 0.883. The van der Waals surface area contributed by atoms with Crippen LogP contribution in [0.25, 0.3) is 10.9 Å². The maximum Gasteiger partial charge on any atom is 0.237 e. The van der Waals surface area contributed by atoms with Crippen molar-refractivity contribution in [2.45, 2.75) is 57.2 Å². The van der Waals surface area contributed by atoms with Crippen LogP contribution in [0.4, 0.5) is 0 Å². The number of rotatable bonds is 5. The van der Waals surface area contributed by atoms with Crippen molar-refractivity contribution >= 4 is 16.8 Å². The van der Waals surface area contributed by atoms with Crippen LogP contribution in [0.15, 0.2) is 30.5 Å². The first-order chi connectivity index (χ1) is 13.3. The SMILES string of the molecule is O=C1NCCCC1N1CCC(Oc2cccc3c2ccn3CC2CC2)CC1. The number of likely N-dealkylation sites (tertiary alicyclic amines) is 1. The number of aromatic nitrogens is 1. The third kappa shape index (κ3) is 3.57. The Kier molecular flexibility index (Phi) is 4.56. The number of hydrogen-bond donors (Lipinski definition) is 1. The first kappa shape index (κ1) is 17.1. The number of ether oxygens (including phenoxy) is 1. The molecule has 3 aliphatic rings. The van der Waals surface area contributed by atoms with E-state index < -0.39 is 0 Å². The molecule has 3 fully saturated rings. The van der Waals surface area contributed by atoms with Crippen molar-refractivity contribution in [3.63, 3.8) is 0 Å². The van der Waals surface area contributed by atoms with E-state index in [1.54, 1.807) is 0 Å². The number of amides is 1. The molecular formula is C22H29N3O2. The van der Waals surface area contributed by atoms with E-state index in [0.29, 0.717) is 0 Å². The number of piperidine rings is 2. The molecule has 144 valence electrons. The van der Waals surface area contributed by atoms with Gasteiger partial charge in [0.1, 0.15) is 11.9 Å². The third-order valence-corrected chi connectivity index (χ3v) is 6.39. The molecule has 1 aliphatic carbocycles. The predicted octanol–water partition coefficient (Wildman–Crippen LogP) is 3.17. The fraction of sp³-hybridized carbons (Fsp3) is 0.591. The summed E-state index contributed by atoms with van der Waals surface area (Å²) >= 11 is 0. The molecule has 5 rings (SSSR count). The Balaban J connectivity index is 1.24. The average Bonchev–Trinajstić information content (AvgIpc) is 3.42. The number of carbonyl (C=O) groups is 1. The summed E-state index contributed by atoms with van der Waals surface area (Å²) in [5.41, 5.74) is 1.29. The Morgan fingerprint density at radius 1 is 1.07 bits per heavy atom. The Morgan fingerprint density at radius 2 is 1.93 bits per heavy atom. The Bertz CT molecular complexity index is 818. The standard InChI is InChI=1S/C22H29N3O2/c26-22-20(4-2-11-23-22)24-12-8-17(9-13-24)27-21-5-1-3-19-18(21)10-14-25(19)15-16-6-7-16/h1,3,5,10,14,16-17,20H,2,4,6-9,11-13,15H2,(H,23,26). The molecule has 27 heavy (non-hydrogen) atoms. The van der Waals surface area contributed by atoms with Crippen LogP contribution < -0.4 is 10.1 Å². The summed E-state index contributed by atoms with van der Waals surface area (Å²) in [5.74, 6) is 2.09. The van der Waals surface area contributed by atoms with E-state index in [2.05, 4.69) is 45.2 Å². The molecule has 1 saturated carbocycles. The lowest BCUT2D eigenvalue weighted by Gasteiger charge is -2.38. The minimum Gasteiger partial charge on any atom is -0.490 e. The molecular weight excluding hydrogens is 338 g/mol. The largest absolute Gasteiger partial charge is 0.490 e. The Labute approximate surface area is 160 Å². The molecule has 1 atom stereocenters. The van der Waals surface area contributed by atoms with Gasteiger partial charge in [0.15, 0.2) is 0 Å². The second-order valence-electron chi connectivity index (χ2n) is 8.40. The van der Waals surface area contributed by atoms with E-state index in [1.807, 2.05) is 0 Å². The summed E-state index contributed by atoms with van der Waals surface area (Å²) in [7, 11) is 0. The zero-order valence-electron chi connectivity index (χ0n) is 15.9. The molecule has 5 nitrogen and oxygen atoms in total. The molecule has 5 heteroatoms. The Hall–Kier alpha value is -2.01. The fourth-order valence-electron chi connectivity index (χ4n) is 4.62. The van der Waals surface area contributed by atoms with Crippen molar-refractivity contribution in [1.82, 2.24) is 14.8 Å². The number of fused-ring (bicyclic) bond motifs is 1. The molecule has 0 spiro atoms. The molecule has 2 aromatic rings. The highest BCUT2D eigenvalue weighted by Gasteiger charge is 2.32. The molecule has 0 bridgehead atoms. The molecule has 1 amide bonds. The van der Waals surface area contributed by atoms with Crippen LogP contribution in [-0.4, -0.2) is 47.2 Å². The zero-order chi connectivity index (χ0) is 18.2. The van der Waals surface area contributed by atoms with Crippen LogP contribution in [0.1, 0.15) is 38.5 Å². The predicted molar refractivity (Wildman–Crippen MR) is 106 cm³/mol. The van der Waals surface area contributed by atoms with Crippen LogP contribution in [0, 0.1) is 5.92 Å². The summed E-state index contributed by atoms with van der Waals surface area (Å²) in [4.78, 5) is 14.5. The van der Waals surface area contributed by atoms with Crippen molar-refractivity contribution in [2.24, 2.45) is 5.92 Å². The van der Waals surface area contributed by atoms with Gasteiger partial charge in [-0.3, -0.25) is 9.69 Å². The van der Waals surface area contributed by atoms with Gasteiger partial charge in [-0.15, -0.1) is 0 Å². The summed E-state index contributed by atoms with van der Waals surface area (Å²) < 4.78 is 8.80. The van der Waals surface area contributed by atoms with Gasteiger partial charge in [-0.05, 0) is 62.6 Å². The number of nitrogens with zero attached hydrogens (tertiary/aromatic N) is 2. The van der Waals surface area contributed by atoms with Gasteiger partial charge in [-0.25, -0.2) is 0 Å². The molecule has 0 radical (unpaired) electrons. The average molecular weight is 367 g/mol. The van der Waals surface area contributed by atoms with Gasteiger partial charge in [0, 0.05) is 37.8 Å². The lowest BCUT2D eigenvalue weighted by atomic mass is 10.00. The van der Waals surface area contributed by atoms with E-state index >= 15 is 0 Å². The highest BCUT2D eigenvalue weighted by molar-refractivity contribution is 5.86. The Morgan fingerprint density at radius 3 is 2.70 bits per heavy atom. The second-order valence-corrected chi connectivity index (χ2v) is 8.40. The lowest BCUT2D eigenvalue weighted by Crippen LogP contribution is -2.53. The van der Waals surface area contributed by atoms with E-state index in [0.717, 1.165) is 63.5 Å². The van der Waals surface area contributed by atoms with Crippen LogP contribution in [-0.2, 0) is 11.3 Å². The monoisotopic (exact) mass is 367 g/mol. The summed E-state index contributed by atoms with van der Waals surface area (Å²) in [6, 6.07) is 8.69. The van der Waals surface area contributed by atoms with Gasteiger partial charge in [0.25, 0.3) is 0 Å². The topological polar surface area (TPSA) is 46.5 Å². The van der Waals surface area contributed by atoms with Crippen LogP contribution in [0.5, 0.6) is 5.75 Å². The van der Waals surface area contributed by atoms with Gasteiger partial charge in [0.05, 0.1) is 11.6 Å². The minimum atomic E-state index is 0.0691. The van der Waals surface area contributed by atoms with Gasteiger partial charge in [-0.2, -0.15) is 0 Å². The molecule has 1 N–H and O–H groups in total. The van der Waals surface area contributed by atoms with Gasteiger partial charge in [0.2, 0.25) is 5.91 Å². The molecule has 2 aliphatic heterocycles. The van der Waals surface area contributed by atoms with Crippen molar-refractivity contribution in [1.29, 1.82) is 0 Å². The highest BCUT2D eigenvalue weighted by Crippen LogP contribution is 2.34. The van der Waals surface area contributed by atoms with Crippen LogP contribution in [0.3, 0.4) is 0 Å². The number of carbonyl (C=O) groups excluding carboxylic acids is 1. The fourth-order valence-corrected chi connectivity index (χ4v) is 4.62. The van der Waals surface area contributed by atoms with E-state index in [9.17, 15) is 4.79 Å². The minimum absolute atomic E-state index is 0.0691. The molecule has 1 unspecified atom stereocenters. The molecule has 3 heterocycles. The van der Waals surface area contributed by atoms with E-state index in [1.165, 1.54) is 23.7 Å². The molecule has 1 aromatic heterocycles. The van der Waals surface area contributed by atoms with Gasteiger partial charge < -0.3 is 14.6 Å². The van der Waals surface area contributed by atoms with Crippen molar-refractivity contribution in [2.75, 3.05) is 19.6 Å².